The maximum absolute atomic E-state index is 12.2. The van der Waals surface area contributed by atoms with Gasteiger partial charge in [-0.3, -0.25) is 4.79 Å². The van der Waals surface area contributed by atoms with Gasteiger partial charge < -0.3 is 15.4 Å². The lowest BCUT2D eigenvalue weighted by atomic mass is 9.92. The highest BCUT2D eigenvalue weighted by Crippen LogP contribution is 2.23. The lowest BCUT2D eigenvalue weighted by molar-refractivity contribution is 0.0714. The number of rotatable bonds is 3. The van der Waals surface area contributed by atoms with E-state index in [1.54, 1.807) is 23.6 Å². The third kappa shape index (κ3) is 3.16. The molecule has 5 nitrogen and oxygen atoms in total. The van der Waals surface area contributed by atoms with Crippen molar-refractivity contribution in [2.24, 2.45) is 0 Å². The van der Waals surface area contributed by atoms with E-state index in [-0.39, 0.29) is 11.9 Å². The van der Waals surface area contributed by atoms with Gasteiger partial charge in [0.05, 0.1) is 22.8 Å². The van der Waals surface area contributed by atoms with E-state index in [0.717, 1.165) is 41.9 Å². The Labute approximate surface area is 127 Å². The van der Waals surface area contributed by atoms with Crippen molar-refractivity contribution in [2.45, 2.75) is 44.8 Å². The van der Waals surface area contributed by atoms with E-state index in [1.807, 2.05) is 12.3 Å². The largest absolute Gasteiger partial charge is 0.391 e. The number of nitrogens with zero attached hydrogens (tertiary/aromatic N) is 1. The summed E-state index contributed by atoms with van der Waals surface area (Å²) in [6.07, 6.45) is 5.05. The molecule has 3 N–H and O–H groups in total. The Morgan fingerprint density at radius 2 is 2.29 bits per heavy atom. The van der Waals surface area contributed by atoms with Crippen molar-refractivity contribution in [1.82, 2.24) is 15.3 Å². The van der Waals surface area contributed by atoms with E-state index in [1.165, 1.54) is 0 Å². The number of carbonyl (C=O) groups is 1. The van der Waals surface area contributed by atoms with Gasteiger partial charge in [-0.2, -0.15) is 0 Å². The van der Waals surface area contributed by atoms with E-state index >= 15 is 0 Å². The number of aryl methyl sites for hydroxylation is 1. The summed E-state index contributed by atoms with van der Waals surface area (Å²) in [6, 6.07) is 1.67. The van der Waals surface area contributed by atoms with Crippen molar-refractivity contribution in [3.63, 3.8) is 0 Å². The fourth-order valence-electron chi connectivity index (χ4n) is 2.70. The van der Waals surface area contributed by atoms with E-state index in [9.17, 15) is 9.90 Å². The molecule has 1 aliphatic carbocycles. The fraction of sp³-hybridized carbons (Fsp3) is 0.467. The second-order valence-corrected chi connectivity index (χ2v) is 6.55. The minimum atomic E-state index is -0.432. The van der Waals surface area contributed by atoms with Gasteiger partial charge in [0.1, 0.15) is 5.69 Å². The Kier molecular flexibility index (Phi) is 4.07. The Morgan fingerprint density at radius 3 is 3.00 bits per heavy atom. The van der Waals surface area contributed by atoms with Crippen LogP contribution in [-0.4, -0.2) is 33.1 Å². The summed E-state index contributed by atoms with van der Waals surface area (Å²) in [5.41, 5.74) is 2.30. The molecule has 2 atom stereocenters. The number of aromatic nitrogens is 2. The molecule has 3 rings (SSSR count). The van der Waals surface area contributed by atoms with Gasteiger partial charge >= 0.3 is 0 Å². The van der Waals surface area contributed by atoms with Crippen LogP contribution in [0.2, 0.25) is 0 Å². The normalized spacial score (nSPS) is 22.2. The van der Waals surface area contributed by atoms with Crippen LogP contribution in [0.5, 0.6) is 0 Å². The number of hydrogen-bond donors (Lipinski definition) is 3. The number of aromatic amines is 1. The molecule has 0 saturated heterocycles. The zero-order valence-electron chi connectivity index (χ0n) is 11.9. The Morgan fingerprint density at radius 1 is 1.48 bits per heavy atom. The molecular weight excluding hydrogens is 286 g/mol. The maximum Gasteiger partial charge on any atom is 0.268 e. The number of aliphatic hydroxyl groups is 1. The molecule has 0 aliphatic heterocycles. The van der Waals surface area contributed by atoms with Crippen LogP contribution in [0.4, 0.5) is 0 Å². The third-order valence-electron chi connectivity index (χ3n) is 3.89. The van der Waals surface area contributed by atoms with Gasteiger partial charge in [0.25, 0.3) is 5.91 Å². The summed E-state index contributed by atoms with van der Waals surface area (Å²) in [5.74, 6) is -0.167. The summed E-state index contributed by atoms with van der Waals surface area (Å²) < 4.78 is 0. The molecule has 112 valence electrons. The van der Waals surface area contributed by atoms with Crippen LogP contribution in [0.1, 0.15) is 41.2 Å². The average Bonchev–Trinajstić information content (AvgIpc) is 3.10. The zero-order chi connectivity index (χ0) is 14.8. The van der Waals surface area contributed by atoms with Crippen molar-refractivity contribution in [1.29, 1.82) is 0 Å². The SMILES string of the molecule is Cc1nc(-c2c[nH]c(C(=O)NC3CCCCC3O)c2)cs1. The van der Waals surface area contributed by atoms with E-state index < -0.39 is 6.10 Å². The van der Waals surface area contributed by atoms with Crippen molar-refractivity contribution >= 4 is 17.2 Å². The van der Waals surface area contributed by atoms with Gasteiger partial charge in [0.2, 0.25) is 0 Å². The first-order valence-electron chi connectivity index (χ1n) is 7.23. The van der Waals surface area contributed by atoms with Crippen molar-refractivity contribution in [3.05, 3.63) is 28.3 Å². The minimum Gasteiger partial charge on any atom is -0.391 e. The van der Waals surface area contributed by atoms with Gasteiger partial charge in [-0.15, -0.1) is 11.3 Å². The standard InChI is InChI=1S/C15H19N3O2S/c1-9-17-13(8-21-9)10-6-12(16-7-10)15(20)18-11-4-2-3-5-14(11)19/h6-8,11,14,16,19H,2-5H2,1H3,(H,18,20). The number of hydrogen-bond acceptors (Lipinski definition) is 4. The molecule has 1 fully saturated rings. The lowest BCUT2D eigenvalue weighted by Gasteiger charge is -2.28. The van der Waals surface area contributed by atoms with Gasteiger partial charge in [0, 0.05) is 17.1 Å². The Hall–Kier alpha value is -1.66. The molecule has 21 heavy (non-hydrogen) atoms. The number of aliphatic hydroxyl groups excluding tert-OH is 1. The van der Waals surface area contributed by atoms with Gasteiger partial charge in [-0.05, 0) is 25.8 Å². The number of amides is 1. The molecule has 0 aromatic carbocycles. The second-order valence-electron chi connectivity index (χ2n) is 5.49. The monoisotopic (exact) mass is 305 g/mol. The fourth-order valence-corrected chi connectivity index (χ4v) is 3.32. The van der Waals surface area contributed by atoms with Crippen LogP contribution in [0.15, 0.2) is 17.6 Å². The molecule has 0 spiro atoms. The molecule has 1 saturated carbocycles. The summed E-state index contributed by atoms with van der Waals surface area (Å²) in [4.78, 5) is 19.6. The predicted molar refractivity (Wildman–Crippen MR) is 82.4 cm³/mol. The van der Waals surface area contributed by atoms with Crippen LogP contribution < -0.4 is 5.32 Å². The predicted octanol–water partition coefficient (Wildman–Crippen LogP) is 2.48. The van der Waals surface area contributed by atoms with Crippen LogP contribution in [0.3, 0.4) is 0 Å². The number of carbonyl (C=O) groups excluding carboxylic acids is 1. The lowest BCUT2D eigenvalue weighted by Crippen LogP contribution is -2.45. The summed E-state index contributed by atoms with van der Waals surface area (Å²) in [7, 11) is 0. The van der Waals surface area contributed by atoms with Crippen molar-refractivity contribution < 1.29 is 9.90 Å². The smallest absolute Gasteiger partial charge is 0.268 e. The van der Waals surface area contributed by atoms with Crippen LogP contribution in [0, 0.1) is 6.92 Å². The number of nitrogens with one attached hydrogen (secondary N) is 2. The molecule has 0 radical (unpaired) electrons. The number of H-pyrrole nitrogens is 1. The molecule has 2 heterocycles. The molecule has 2 aromatic heterocycles. The van der Waals surface area contributed by atoms with Crippen molar-refractivity contribution in [2.75, 3.05) is 0 Å². The molecule has 6 heteroatoms. The number of thiazole rings is 1. The van der Waals surface area contributed by atoms with E-state index in [0.29, 0.717) is 5.69 Å². The molecule has 0 bridgehead atoms. The van der Waals surface area contributed by atoms with Crippen LogP contribution >= 0.6 is 11.3 Å². The third-order valence-corrected chi connectivity index (χ3v) is 4.66. The molecule has 1 amide bonds. The zero-order valence-corrected chi connectivity index (χ0v) is 12.7. The summed E-state index contributed by atoms with van der Waals surface area (Å²) in [5, 5.41) is 15.8. The quantitative estimate of drug-likeness (QED) is 0.815. The Bertz CT molecular complexity index is 634. The van der Waals surface area contributed by atoms with Crippen LogP contribution in [-0.2, 0) is 0 Å². The summed E-state index contributed by atoms with van der Waals surface area (Å²) in [6.45, 7) is 1.96. The van der Waals surface area contributed by atoms with Gasteiger partial charge in [-0.25, -0.2) is 4.98 Å². The van der Waals surface area contributed by atoms with Gasteiger partial charge in [-0.1, -0.05) is 12.8 Å². The highest BCUT2D eigenvalue weighted by Gasteiger charge is 2.25. The second kappa shape index (κ2) is 5.99. The molecule has 2 unspecified atom stereocenters. The maximum atomic E-state index is 12.2. The minimum absolute atomic E-state index is 0.139. The van der Waals surface area contributed by atoms with Crippen molar-refractivity contribution in [3.8, 4) is 11.3 Å². The molecule has 1 aliphatic rings. The summed E-state index contributed by atoms with van der Waals surface area (Å²) >= 11 is 1.59. The van der Waals surface area contributed by atoms with E-state index in [2.05, 4.69) is 15.3 Å². The van der Waals surface area contributed by atoms with E-state index in [4.69, 9.17) is 0 Å². The first-order chi connectivity index (χ1) is 10.1. The first-order valence-corrected chi connectivity index (χ1v) is 8.11. The molecular formula is C15H19N3O2S. The van der Waals surface area contributed by atoms with Crippen LogP contribution in [0.25, 0.3) is 11.3 Å². The first kappa shape index (κ1) is 14.3. The highest BCUT2D eigenvalue weighted by atomic mass is 32.1. The average molecular weight is 305 g/mol. The van der Waals surface area contributed by atoms with Gasteiger partial charge in [0.15, 0.2) is 0 Å². The Balaban J connectivity index is 1.69. The molecule has 2 aromatic rings. The highest BCUT2D eigenvalue weighted by molar-refractivity contribution is 7.09. The topological polar surface area (TPSA) is 78.0 Å².